The quantitative estimate of drug-likeness (QED) is 0.640. The van der Waals surface area contributed by atoms with Crippen LogP contribution in [0.4, 0.5) is 10.8 Å². The number of carbonyl (C=O) groups excluding carboxylic acids is 1. The molecule has 23 heavy (non-hydrogen) atoms. The van der Waals surface area contributed by atoms with E-state index >= 15 is 0 Å². The number of thioether (sulfide) groups is 1. The van der Waals surface area contributed by atoms with Crippen LogP contribution in [-0.4, -0.2) is 15.9 Å². The summed E-state index contributed by atoms with van der Waals surface area (Å²) in [6.45, 7) is 1.55. The molecular formula is C17H15N3OS2. The highest BCUT2D eigenvalue weighted by Crippen LogP contribution is 2.30. The molecule has 0 bridgehead atoms. The Morgan fingerprint density at radius 1 is 1.17 bits per heavy atom. The van der Waals surface area contributed by atoms with Crippen molar-refractivity contribution in [2.24, 2.45) is 0 Å². The average molecular weight is 341 g/mol. The van der Waals surface area contributed by atoms with Gasteiger partial charge in [0.2, 0.25) is 5.91 Å². The zero-order valence-corrected chi connectivity index (χ0v) is 14.2. The molecular weight excluding hydrogens is 326 g/mol. The minimum absolute atomic E-state index is 0.0468. The fourth-order valence-electron chi connectivity index (χ4n) is 2.05. The van der Waals surface area contributed by atoms with Crippen LogP contribution in [0.2, 0.25) is 0 Å². The predicted molar refractivity (Wildman–Crippen MR) is 95.2 cm³/mol. The number of pyridine rings is 1. The van der Waals surface area contributed by atoms with E-state index in [1.807, 2.05) is 53.9 Å². The largest absolute Gasteiger partial charge is 0.274 e. The monoisotopic (exact) mass is 341 g/mol. The van der Waals surface area contributed by atoms with Crippen molar-refractivity contribution >= 4 is 39.8 Å². The molecule has 3 rings (SSSR count). The lowest BCUT2D eigenvalue weighted by molar-refractivity contribution is -0.115. The molecule has 0 fully saturated rings. The molecule has 0 radical (unpaired) electrons. The van der Waals surface area contributed by atoms with Crippen molar-refractivity contribution in [3.8, 4) is 0 Å². The van der Waals surface area contributed by atoms with Crippen LogP contribution >= 0.6 is 23.1 Å². The molecule has 0 aliphatic rings. The molecule has 0 aliphatic carbocycles. The summed E-state index contributed by atoms with van der Waals surface area (Å²) >= 11 is 3.11. The first-order valence-electron chi connectivity index (χ1n) is 7.08. The molecule has 0 atom stereocenters. The number of carbonyl (C=O) groups is 1. The van der Waals surface area contributed by atoms with Crippen LogP contribution in [0.15, 0.2) is 65.1 Å². The molecule has 0 saturated carbocycles. The van der Waals surface area contributed by atoms with Crippen LogP contribution in [0.25, 0.3) is 0 Å². The summed E-state index contributed by atoms with van der Waals surface area (Å²) in [5.41, 5.74) is 1.78. The molecule has 2 heterocycles. The second kappa shape index (κ2) is 7.39. The first-order chi connectivity index (χ1) is 11.2. The Kier molecular flexibility index (Phi) is 5.05. The molecule has 2 aromatic heterocycles. The van der Waals surface area contributed by atoms with E-state index in [0.717, 1.165) is 22.2 Å². The first kappa shape index (κ1) is 15.7. The molecule has 0 spiro atoms. The van der Waals surface area contributed by atoms with Gasteiger partial charge in [0.25, 0.3) is 0 Å². The van der Waals surface area contributed by atoms with Crippen LogP contribution in [0, 0.1) is 0 Å². The summed E-state index contributed by atoms with van der Waals surface area (Å²) in [5, 5.41) is 3.65. The first-order valence-corrected chi connectivity index (χ1v) is 8.94. The van der Waals surface area contributed by atoms with Gasteiger partial charge in [-0.3, -0.25) is 9.69 Å². The minimum atomic E-state index is -0.0468. The van der Waals surface area contributed by atoms with E-state index < -0.39 is 0 Å². The van der Waals surface area contributed by atoms with Gasteiger partial charge in [-0.05, 0) is 24.3 Å². The summed E-state index contributed by atoms with van der Waals surface area (Å²) in [6, 6.07) is 15.4. The van der Waals surface area contributed by atoms with Gasteiger partial charge in [0.05, 0.1) is 16.4 Å². The summed E-state index contributed by atoms with van der Waals surface area (Å²) < 4.78 is 0. The molecule has 0 saturated heterocycles. The highest BCUT2D eigenvalue weighted by molar-refractivity contribution is 7.98. The van der Waals surface area contributed by atoms with Crippen molar-refractivity contribution in [2.45, 2.75) is 17.7 Å². The van der Waals surface area contributed by atoms with Gasteiger partial charge < -0.3 is 0 Å². The summed E-state index contributed by atoms with van der Waals surface area (Å²) in [4.78, 5) is 22.5. The van der Waals surface area contributed by atoms with Crippen LogP contribution in [0.3, 0.4) is 0 Å². The third kappa shape index (κ3) is 3.97. The minimum Gasteiger partial charge on any atom is -0.274 e. The highest BCUT2D eigenvalue weighted by atomic mass is 32.2. The number of hydrogen-bond donors (Lipinski definition) is 0. The Morgan fingerprint density at radius 2 is 1.96 bits per heavy atom. The van der Waals surface area contributed by atoms with Gasteiger partial charge in [-0.25, -0.2) is 9.97 Å². The Labute approximate surface area is 143 Å². The van der Waals surface area contributed by atoms with E-state index in [0.29, 0.717) is 5.13 Å². The zero-order chi connectivity index (χ0) is 16.1. The number of nitrogens with zero attached hydrogens (tertiary/aromatic N) is 3. The van der Waals surface area contributed by atoms with E-state index in [1.165, 1.54) is 11.3 Å². The number of rotatable bonds is 5. The van der Waals surface area contributed by atoms with Crippen molar-refractivity contribution < 1.29 is 4.79 Å². The normalized spacial score (nSPS) is 10.5. The third-order valence-corrected chi connectivity index (χ3v) is 4.92. The van der Waals surface area contributed by atoms with Gasteiger partial charge in [0.1, 0.15) is 0 Å². The van der Waals surface area contributed by atoms with Gasteiger partial charge >= 0.3 is 0 Å². The summed E-state index contributed by atoms with van der Waals surface area (Å²) in [6.07, 6.45) is 1.78. The Hall–Kier alpha value is -2.18. The smallest absolute Gasteiger partial charge is 0.230 e. The fourth-order valence-corrected chi connectivity index (χ4v) is 3.80. The average Bonchev–Trinajstić information content (AvgIpc) is 3.03. The lowest BCUT2D eigenvalue weighted by Crippen LogP contribution is -2.22. The lowest BCUT2D eigenvalue weighted by Gasteiger charge is -2.17. The molecule has 0 N–H and O–H groups in total. The van der Waals surface area contributed by atoms with Crippen molar-refractivity contribution in [3.05, 3.63) is 65.8 Å². The van der Waals surface area contributed by atoms with E-state index in [-0.39, 0.29) is 5.91 Å². The Balaban J connectivity index is 1.76. The number of amides is 1. The maximum atomic E-state index is 12.0. The lowest BCUT2D eigenvalue weighted by atomic mass is 10.3. The number of hydrogen-bond acceptors (Lipinski definition) is 5. The van der Waals surface area contributed by atoms with E-state index in [1.54, 1.807) is 29.8 Å². The number of anilines is 2. The number of thiazole rings is 1. The van der Waals surface area contributed by atoms with E-state index in [4.69, 9.17) is 0 Å². The molecule has 0 unspecified atom stereocenters. The second-order valence-corrected chi connectivity index (χ2v) is 6.60. The second-order valence-electron chi connectivity index (χ2n) is 4.77. The summed E-state index contributed by atoms with van der Waals surface area (Å²) in [7, 11) is 0. The summed E-state index contributed by atoms with van der Waals surface area (Å²) in [5.74, 6) is 0.683. The van der Waals surface area contributed by atoms with Crippen LogP contribution in [-0.2, 0) is 10.5 Å². The maximum absolute atomic E-state index is 12.0. The number of para-hydroxylation sites is 1. The van der Waals surface area contributed by atoms with E-state index in [2.05, 4.69) is 9.97 Å². The Bertz CT molecular complexity index is 775. The molecule has 0 aliphatic heterocycles. The highest BCUT2D eigenvalue weighted by Gasteiger charge is 2.17. The van der Waals surface area contributed by atoms with E-state index in [9.17, 15) is 4.79 Å². The van der Waals surface area contributed by atoms with Gasteiger partial charge in [0.15, 0.2) is 5.13 Å². The zero-order valence-electron chi connectivity index (χ0n) is 12.5. The van der Waals surface area contributed by atoms with Crippen molar-refractivity contribution in [2.75, 3.05) is 4.90 Å². The molecule has 4 nitrogen and oxygen atoms in total. The Morgan fingerprint density at radius 3 is 2.65 bits per heavy atom. The van der Waals surface area contributed by atoms with Gasteiger partial charge in [-0.15, -0.1) is 23.1 Å². The van der Waals surface area contributed by atoms with Crippen LogP contribution in [0.5, 0.6) is 0 Å². The number of benzene rings is 1. The standard InChI is InChI=1S/C17H15N3OS2/c1-13(21)20(15-7-3-2-4-8-15)17-19-14(12-23-17)11-22-16-9-5-6-10-18-16/h2-10,12H,11H2,1H3. The molecule has 1 amide bonds. The predicted octanol–water partition coefficient (Wildman–Crippen LogP) is 4.52. The topological polar surface area (TPSA) is 46.1 Å². The number of aromatic nitrogens is 2. The van der Waals surface area contributed by atoms with Gasteiger partial charge in [0, 0.05) is 24.3 Å². The molecule has 3 aromatic rings. The third-order valence-electron chi connectivity index (χ3n) is 3.07. The van der Waals surface area contributed by atoms with Gasteiger partial charge in [-0.1, -0.05) is 24.3 Å². The molecule has 1 aromatic carbocycles. The van der Waals surface area contributed by atoms with Gasteiger partial charge in [-0.2, -0.15) is 0 Å². The van der Waals surface area contributed by atoms with Crippen molar-refractivity contribution in [3.63, 3.8) is 0 Å². The fraction of sp³-hybridized carbons (Fsp3) is 0.118. The molecule has 6 heteroatoms. The van der Waals surface area contributed by atoms with Crippen molar-refractivity contribution in [1.29, 1.82) is 0 Å². The van der Waals surface area contributed by atoms with Crippen molar-refractivity contribution in [1.82, 2.24) is 9.97 Å². The maximum Gasteiger partial charge on any atom is 0.230 e. The van der Waals surface area contributed by atoms with Crippen LogP contribution in [0.1, 0.15) is 12.6 Å². The van der Waals surface area contributed by atoms with Crippen LogP contribution < -0.4 is 4.90 Å². The molecule has 116 valence electrons. The SMILES string of the molecule is CC(=O)N(c1ccccc1)c1nc(CSc2ccccn2)cs1.